The van der Waals surface area contributed by atoms with Gasteiger partial charge >= 0.3 is 0 Å². The minimum atomic E-state index is 0.0141. The van der Waals surface area contributed by atoms with Crippen molar-refractivity contribution in [2.24, 2.45) is 5.92 Å². The predicted octanol–water partition coefficient (Wildman–Crippen LogP) is 9.79. The number of rotatable bonds is 14. The summed E-state index contributed by atoms with van der Waals surface area (Å²) in [6, 6.07) is 9.79. The minimum Gasteiger partial charge on any atom is -0.507 e. The van der Waals surface area contributed by atoms with Crippen molar-refractivity contribution >= 4 is 38.2 Å². The van der Waals surface area contributed by atoms with Crippen LogP contribution in [-0.4, -0.2) is 10.9 Å². The van der Waals surface area contributed by atoms with Gasteiger partial charge in [0.15, 0.2) is 5.78 Å². The van der Waals surface area contributed by atoms with E-state index in [1.807, 2.05) is 30.3 Å². The summed E-state index contributed by atoms with van der Waals surface area (Å²) in [5.74, 6) is 0.684. The lowest BCUT2D eigenvalue weighted by Gasteiger charge is -2.24. The summed E-state index contributed by atoms with van der Waals surface area (Å²) >= 11 is 3.60. The maximum atomic E-state index is 13.5. The number of carbonyl (C=O) groups is 1. The molecule has 1 unspecified atom stereocenters. The Bertz CT molecular complexity index is 944. The fraction of sp³-hybridized carbons (Fsp3) is 0.552. The Morgan fingerprint density at radius 3 is 2.12 bits per heavy atom. The standard InChI is InChI=1S/C29H39BrO2/c1-3-5-7-9-10-12-15-21(14-11-8-6-4-2)20-25-28(31)23-17-13-16-22-26(30)19-18-24(27(22)23)29(25)32/h13,16-19,21,31H,3-12,14-15,20H2,1-2H3. The van der Waals surface area contributed by atoms with Crippen LogP contribution in [0.4, 0.5) is 0 Å². The number of carbonyl (C=O) groups excluding carboxylic acids is 1. The topological polar surface area (TPSA) is 37.3 Å². The molecule has 3 heteroatoms. The van der Waals surface area contributed by atoms with Crippen molar-refractivity contribution in [2.45, 2.75) is 97.3 Å². The molecule has 0 fully saturated rings. The summed E-state index contributed by atoms with van der Waals surface area (Å²) in [7, 11) is 0. The molecule has 0 saturated carbocycles. The van der Waals surface area contributed by atoms with E-state index in [-0.39, 0.29) is 11.5 Å². The minimum absolute atomic E-state index is 0.0141. The molecule has 0 aromatic heterocycles. The van der Waals surface area contributed by atoms with Crippen LogP contribution >= 0.6 is 15.9 Å². The molecule has 3 rings (SSSR count). The average Bonchev–Trinajstić information content (AvgIpc) is 2.80. The maximum absolute atomic E-state index is 13.5. The molecule has 1 aliphatic carbocycles. The average molecular weight is 500 g/mol. The summed E-state index contributed by atoms with van der Waals surface area (Å²) in [4.78, 5) is 13.5. The number of aliphatic hydroxyl groups is 1. The molecule has 1 aliphatic rings. The van der Waals surface area contributed by atoms with Gasteiger partial charge in [-0.05, 0) is 29.9 Å². The molecule has 32 heavy (non-hydrogen) atoms. The van der Waals surface area contributed by atoms with E-state index >= 15 is 0 Å². The largest absolute Gasteiger partial charge is 0.507 e. The maximum Gasteiger partial charge on any atom is 0.193 e. The fourth-order valence-corrected chi connectivity index (χ4v) is 5.55. The van der Waals surface area contributed by atoms with E-state index < -0.39 is 0 Å². The van der Waals surface area contributed by atoms with Crippen LogP contribution in [0, 0.1) is 5.92 Å². The van der Waals surface area contributed by atoms with Crippen LogP contribution in [0.3, 0.4) is 0 Å². The fourth-order valence-electron chi connectivity index (χ4n) is 5.09. The van der Waals surface area contributed by atoms with Crippen molar-refractivity contribution in [1.82, 2.24) is 0 Å². The van der Waals surface area contributed by atoms with Crippen molar-refractivity contribution in [2.75, 3.05) is 0 Å². The zero-order valence-corrected chi connectivity index (χ0v) is 21.5. The summed E-state index contributed by atoms with van der Waals surface area (Å²) in [5.41, 5.74) is 2.16. The highest BCUT2D eigenvalue weighted by atomic mass is 79.9. The number of benzene rings is 2. The molecular weight excluding hydrogens is 460 g/mol. The van der Waals surface area contributed by atoms with Crippen LogP contribution in [0.1, 0.15) is 113 Å². The van der Waals surface area contributed by atoms with Crippen molar-refractivity contribution in [3.63, 3.8) is 0 Å². The van der Waals surface area contributed by atoms with Crippen LogP contribution in [0.15, 0.2) is 40.4 Å². The van der Waals surface area contributed by atoms with Gasteiger partial charge in [-0.1, -0.05) is 125 Å². The van der Waals surface area contributed by atoms with Gasteiger partial charge in [-0.2, -0.15) is 0 Å². The summed E-state index contributed by atoms with van der Waals surface area (Å²) in [6.45, 7) is 4.50. The molecule has 0 bridgehead atoms. The van der Waals surface area contributed by atoms with Gasteiger partial charge in [-0.15, -0.1) is 0 Å². The third-order valence-corrected chi connectivity index (χ3v) is 7.66. The van der Waals surface area contributed by atoms with Crippen LogP contribution in [0.2, 0.25) is 0 Å². The molecular formula is C29H39BrO2. The zero-order valence-electron chi connectivity index (χ0n) is 19.9. The third-order valence-electron chi connectivity index (χ3n) is 6.97. The lowest BCUT2D eigenvalue weighted by atomic mass is 9.81. The van der Waals surface area contributed by atoms with E-state index in [1.54, 1.807) is 0 Å². The molecule has 0 saturated heterocycles. The number of aliphatic hydroxyl groups excluding tert-OH is 1. The van der Waals surface area contributed by atoms with Crippen molar-refractivity contribution in [1.29, 1.82) is 0 Å². The first kappa shape index (κ1) is 25.0. The van der Waals surface area contributed by atoms with E-state index in [4.69, 9.17) is 0 Å². The summed E-state index contributed by atoms with van der Waals surface area (Å²) < 4.78 is 0.957. The van der Waals surface area contributed by atoms with Gasteiger partial charge in [-0.3, -0.25) is 4.79 Å². The summed E-state index contributed by atoms with van der Waals surface area (Å²) in [5, 5.41) is 13.0. The molecule has 174 valence electrons. The number of Topliss-reactive ketones (excluding diaryl/α,β-unsaturated/α-hetero) is 1. The number of hydrogen-bond donors (Lipinski definition) is 1. The van der Waals surface area contributed by atoms with Gasteiger partial charge < -0.3 is 5.11 Å². The highest BCUT2D eigenvalue weighted by Gasteiger charge is 2.29. The van der Waals surface area contributed by atoms with Crippen LogP contribution in [0.25, 0.3) is 16.5 Å². The number of hydrogen-bond acceptors (Lipinski definition) is 2. The van der Waals surface area contributed by atoms with E-state index in [1.165, 1.54) is 64.2 Å². The molecule has 1 N–H and O–H groups in total. The van der Waals surface area contributed by atoms with Gasteiger partial charge in [-0.25, -0.2) is 0 Å². The van der Waals surface area contributed by atoms with E-state index in [9.17, 15) is 9.90 Å². The van der Waals surface area contributed by atoms with Crippen LogP contribution < -0.4 is 0 Å². The van der Waals surface area contributed by atoms with Gasteiger partial charge in [0.2, 0.25) is 0 Å². The Labute approximate surface area is 202 Å². The molecule has 0 spiro atoms. The monoisotopic (exact) mass is 498 g/mol. The third kappa shape index (κ3) is 6.04. The number of unbranched alkanes of at least 4 members (excludes halogenated alkanes) is 8. The molecule has 1 atom stereocenters. The lowest BCUT2D eigenvalue weighted by molar-refractivity contribution is 0.102. The van der Waals surface area contributed by atoms with Gasteiger partial charge in [0.05, 0.1) is 0 Å². The number of halogens is 1. The number of ketones is 1. The van der Waals surface area contributed by atoms with Gasteiger partial charge in [0.1, 0.15) is 5.76 Å². The van der Waals surface area contributed by atoms with Crippen LogP contribution in [0.5, 0.6) is 0 Å². The first-order chi connectivity index (χ1) is 15.6. The molecule has 0 radical (unpaired) electrons. The summed E-state index contributed by atoms with van der Waals surface area (Å²) in [6.07, 6.45) is 15.7. The Hall–Kier alpha value is -1.61. The van der Waals surface area contributed by atoms with E-state index in [0.717, 1.165) is 39.2 Å². The molecule has 0 amide bonds. The first-order valence-electron chi connectivity index (χ1n) is 12.8. The van der Waals surface area contributed by atoms with E-state index in [2.05, 4.69) is 29.8 Å². The lowest BCUT2D eigenvalue weighted by Crippen LogP contribution is -2.16. The van der Waals surface area contributed by atoms with Crippen LogP contribution in [-0.2, 0) is 0 Å². The normalized spacial score (nSPS) is 14.4. The highest BCUT2D eigenvalue weighted by molar-refractivity contribution is 9.10. The Balaban J connectivity index is 1.77. The molecule has 0 aliphatic heterocycles. The van der Waals surface area contributed by atoms with Crippen molar-refractivity contribution < 1.29 is 9.90 Å². The zero-order chi connectivity index (χ0) is 22.9. The predicted molar refractivity (Wildman–Crippen MR) is 140 cm³/mol. The number of allylic oxidation sites excluding steroid dienone is 1. The quantitative estimate of drug-likeness (QED) is 0.263. The molecule has 2 aromatic rings. The Kier molecular flexibility index (Phi) is 9.84. The smallest absolute Gasteiger partial charge is 0.193 e. The SMILES string of the molecule is CCCCCCCCC(CCCCCC)CC1=C(O)c2cccc3c(Br)ccc(c23)C1=O. The second-order valence-corrected chi connectivity index (χ2v) is 10.3. The van der Waals surface area contributed by atoms with Crippen molar-refractivity contribution in [3.8, 4) is 0 Å². The molecule has 2 nitrogen and oxygen atoms in total. The van der Waals surface area contributed by atoms with Crippen molar-refractivity contribution in [3.05, 3.63) is 51.5 Å². The first-order valence-corrected chi connectivity index (χ1v) is 13.6. The molecule has 2 aromatic carbocycles. The highest BCUT2D eigenvalue weighted by Crippen LogP contribution is 2.40. The van der Waals surface area contributed by atoms with E-state index in [0.29, 0.717) is 17.9 Å². The Morgan fingerprint density at radius 2 is 1.44 bits per heavy atom. The van der Waals surface area contributed by atoms with Gasteiger partial charge in [0.25, 0.3) is 0 Å². The second-order valence-electron chi connectivity index (χ2n) is 9.46. The molecule has 0 heterocycles. The second kappa shape index (κ2) is 12.6. The Morgan fingerprint density at radius 1 is 0.812 bits per heavy atom. The van der Waals surface area contributed by atoms with Gasteiger partial charge in [0, 0.05) is 26.6 Å².